The molecule has 0 rings (SSSR count). The van der Waals surface area contributed by atoms with Gasteiger partial charge < -0.3 is 13.1 Å². The predicted octanol–water partition coefficient (Wildman–Crippen LogP) is 0.219. The minimum Gasteiger partial charge on any atom is -1.00 e. The van der Waals surface area contributed by atoms with Crippen LogP contribution in [0.2, 0.25) is 0 Å². The van der Waals surface area contributed by atoms with Crippen LogP contribution < -0.4 is 0 Å². The van der Waals surface area contributed by atoms with Crippen molar-refractivity contribution in [2.75, 3.05) is 0 Å². The zero-order valence-electron chi connectivity index (χ0n) is 4.92. The van der Waals surface area contributed by atoms with E-state index in [1.807, 2.05) is 0 Å². The van der Waals surface area contributed by atoms with Crippen molar-refractivity contribution in [3.8, 4) is 0 Å². The molecule has 0 saturated heterocycles. The van der Waals surface area contributed by atoms with Crippen molar-refractivity contribution < 1.29 is 22.6 Å². The van der Waals surface area contributed by atoms with E-state index in [0.29, 0.717) is 0 Å². The molecule has 2 N–H and O–H groups in total. The molecule has 0 atom stereocenters. The fourth-order valence-electron chi connectivity index (χ4n) is 0. The van der Waals surface area contributed by atoms with Crippen molar-refractivity contribution in [3.63, 3.8) is 0 Å². The van der Waals surface area contributed by atoms with Crippen molar-refractivity contribution in [1.82, 2.24) is 0 Å². The van der Waals surface area contributed by atoms with Gasteiger partial charge in [0.2, 0.25) is 0 Å². The molecule has 0 heterocycles. The summed E-state index contributed by atoms with van der Waals surface area (Å²) in [7, 11) is 0. The van der Waals surface area contributed by atoms with Gasteiger partial charge in [-0.25, -0.2) is 4.79 Å². The number of carbonyl (C=O) groups is 1. The van der Waals surface area contributed by atoms with E-state index in [2.05, 4.69) is 0 Å². The molecule has 5 heteroatoms. The summed E-state index contributed by atoms with van der Waals surface area (Å²) in [5.41, 5.74) is 0. The third kappa shape index (κ3) is 253. The molecule has 0 aromatic rings. The first kappa shape index (κ1) is 16.1. The topological polar surface area (TPSA) is 57.5 Å². The van der Waals surface area contributed by atoms with E-state index in [-0.39, 0.29) is 45.3 Å². The van der Waals surface area contributed by atoms with Crippen molar-refractivity contribution in [1.29, 1.82) is 0 Å². The van der Waals surface area contributed by atoms with E-state index in [4.69, 9.17) is 15.0 Å². The van der Waals surface area contributed by atoms with Crippen molar-refractivity contribution in [2.24, 2.45) is 0 Å². The number of carboxylic acid groups (broad SMARTS) is 2. The van der Waals surface area contributed by atoms with E-state index >= 15 is 0 Å². The first-order chi connectivity index (χ1) is 1.73. The van der Waals surface area contributed by atoms with Gasteiger partial charge in [-0.05, 0) is 0 Å². The molecule has 0 aliphatic carbocycles. The molecule has 0 aromatic heterocycles. The van der Waals surface area contributed by atoms with Gasteiger partial charge >= 0.3 is 43.9 Å². The normalized spacial score (nSPS) is 4.00. The maximum Gasteiger partial charge on any atom is 2.00 e. The summed E-state index contributed by atoms with van der Waals surface area (Å²) in [6.45, 7) is 0. The van der Waals surface area contributed by atoms with Crippen LogP contribution in [-0.4, -0.2) is 54.1 Å². The third-order valence-corrected chi connectivity index (χ3v) is 0. The molecule has 0 aliphatic rings. The summed E-state index contributed by atoms with van der Waals surface area (Å²) in [5, 5.41) is 13.9. The molecule has 0 radical (unpaired) electrons. The minimum absolute atomic E-state index is 0. The maximum atomic E-state index is 8.56. The van der Waals surface area contributed by atoms with Gasteiger partial charge in [0, 0.05) is 0 Å². The van der Waals surface area contributed by atoms with E-state index in [9.17, 15) is 0 Å². The summed E-state index contributed by atoms with van der Waals surface area (Å²) < 4.78 is 0. The number of hydrogen-bond donors (Lipinski definition) is 2. The average molecular weight is 124 g/mol. The van der Waals surface area contributed by atoms with E-state index in [1.54, 1.807) is 0 Å². The quantitative estimate of drug-likeness (QED) is 0.454. The Bertz CT molecular complexity index is 40.3. The molecule has 36 valence electrons. The molecule has 0 unspecified atom stereocenters. The molecular weight excluding hydrogens is 119 g/mol. The van der Waals surface area contributed by atoms with Crippen LogP contribution >= 0.6 is 0 Å². The number of rotatable bonds is 0. The van der Waals surface area contributed by atoms with Crippen LogP contribution in [0.4, 0.5) is 9.50 Å². The van der Waals surface area contributed by atoms with Crippen LogP contribution in [0.5, 0.6) is 0 Å². The predicted molar refractivity (Wildman–Crippen MR) is 21.1 cm³/mol. The van der Waals surface area contributed by atoms with Crippen LogP contribution in [-0.2, 0) is 0 Å². The second kappa shape index (κ2) is 9.07. The summed E-state index contributed by atoms with van der Waals surface area (Å²) in [6, 6.07) is 0. The number of halogens is 1. The van der Waals surface area contributed by atoms with Crippen LogP contribution in [0.25, 0.3) is 0 Å². The van der Waals surface area contributed by atoms with Crippen LogP contribution in [0, 0.1) is 0 Å². The summed E-state index contributed by atoms with van der Waals surface area (Å²) in [6.07, 6.45) is -1.83. The SMILES string of the molecule is F.O=C(O)O.[Ca+2].[H-].[H-]. The molecular formula is CH5CaFO3. The van der Waals surface area contributed by atoms with Gasteiger partial charge in [-0.3, -0.25) is 4.70 Å². The molecule has 3 nitrogen and oxygen atoms in total. The van der Waals surface area contributed by atoms with Crippen LogP contribution in [0.15, 0.2) is 0 Å². The van der Waals surface area contributed by atoms with Gasteiger partial charge in [0.1, 0.15) is 0 Å². The Kier molecular flexibility index (Phi) is 24.3. The van der Waals surface area contributed by atoms with E-state index < -0.39 is 6.16 Å². The molecule has 0 aromatic carbocycles. The van der Waals surface area contributed by atoms with Gasteiger partial charge in [-0.15, -0.1) is 0 Å². The van der Waals surface area contributed by atoms with Crippen molar-refractivity contribution >= 4 is 43.9 Å². The Labute approximate surface area is 66.3 Å². The van der Waals surface area contributed by atoms with Gasteiger partial charge in [-0.1, -0.05) is 0 Å². The zero-order chi connectivity index (χ0) is 3.58. The first-order valence-corrected chi connectivity index (χ1v) is 0.651. The molecule has 0 fully saturated rings. The molecule has 0 aliphatic heterocycles. The first-order valence-electron chi connectivity index (χ1n) is 0.651. The van der Waals surface area contributed by atoms with Gasteiger partial charge in [-0.2, -0.15) is 0 Å². The summed E-state index contributed by atoms with van der Waals surface area (Å²) in [4.78, 5) is 8.56. The molecule has 0 amide bonds. The van der Waals surface area contributed by atoms with Crippen LogP contribution in [0.1, 0.15) is 2.85 Å². The standard InChI is InChI=1S/CH2O3.Ca.FH.2H/c2-1(3)4;;;;/h(H2,2,3,4);;1H;;/q;+2;;2*-1. The Morgan fingerprint density at radius 1 is 1.50 bits per heavy atom. The summed E-state index contributed by atoms with van der Waals surface area (Å²) >= 11 is 0. The van der Waals surface area contributed by atoms with Gasteiger partial charge in [0.05, 0.1) is 0 Å². The number of hydrogen-bond acceptors (Lipinski definition) is 1. The monoisotopic (exact) mass is 124 g/mol. The Balaban J connectivity index is -0.00000000750. The van der Waals surface area contributed by atoms with Gasteiger partial charge in [0.15, 0.2) is 0 Å². The second-order valence-electron chi connectivity index (χ2n) is 0.283. The second-order valence-corrected chi connectivity index (χ2v) is 0.283. The average Bonchev–Trinajstić information content (AvgIpc) is 0.811. The van der Waals surface area contributed by atoms with E-state index in [1.165, 1.54) is 0 Å². The molecule has 0 saturated carbocycles. The van der Waals surface area contributed by atoms with Crippen molar-refractivity contribution in [2.45, 2.75) is 0 Å². The Morgan fingerprint density at radius 2 is 1.50 bits per heavy atom. The molecule has 0 spiro atoms. The van der Waals surface area contributed by atoms with Crippen molar-refractivity contribution in [3.05, 3.63) is 0 Å². The Hall–Kier alpha value is 0.460. The minimum atomic E-state index is -1.83. The maximum absolute atomic E-state index is 8.56. The zero-order valence-corrected chi connectivity index (χ0v) is 5.13. The summed E-state index contributed by atoms with van der Waals surface area (Å²) in [5.74, 6) is 0. The molecule has 0 bridgehead atoms. The third-order valence-electron chi connectivity index (χ3n) is 0. The fourth-order valence-corrected chi connectivity index (χ4v) is 0. The fraction of sp³-hybridized carbons (Fsp3) is 0. The van der Waals surface area contributed by atoms with Crippen LogP contribution in [0.3, 0.4) is 0 Å². The Morgan fingerprint density at radius 3 is 1.50 bits per heavy atom. The smallest absolute Gasteiger partial charge is 1.00 e. The largest absolute Gasteiger partial charge is 2.00 e. The van der Waals surface area contributed by atoms with Gasteiger partial charge in [0.25, 0.3) is 0 Å². The molecule has 6 heavy (non-hydrogen) atoms. The van der Waals surface area contributed by atoms with E-state index in [0.717, 1.165) is 0 Å².